The Kier molecular flexibility index (Phi) is 4.35. The monoisotopic (exact) mass is 348 g/mol. The molecule has 2 heterocycles. The Morgan fingerprint density at radius 1 is 1.44 bits per heavy atom. The summed E-state index contributed by atoms with van der Waals surface area (Å²) in [5.41, 5.74) is -0.629. The van der Waals surface area contributed by atoms with Crippen LogP contribution in [0.2, 0.25) is 0 Å². The second kappa shape index (κ2) is 6.61. The predicted octanol–water partition coefficient (Wildman–Crippen LogP) is 0.950. The molecule has 2 aromatic rings. The quantitative estimate of drug-likeness (QED) is 0.624. The third-order valence-corrected chi connectivity index (χ3v) is 3.49. The zero-order valence-corrected chi connectivity index (χ0v) is 12.7. The predicted molar refractivity (Wildman–Crippen MR) is 81.3 cm³/mol. The van der Waals surface area contributed by atoms with Crippen molar-refractivity contribution in [1.29, 1.82) is 0 Å². The Balaban J connectivity index is 1.92. The average Bonchev–Trinajstić information content (AvgIpc) is 2.60. The molecule has 0 radical (unpaired) electrons. The largest absolute Gasteiger partial charge is 0.477 e. The van der Waals surface area contributed by atoms with Gasteiger partial charge in [0.15, 0.2) is 6.79 Å². The minimum Gasteiger partial charge on any atom is -0.477 e. The molecule has 0 fully saturated rings. The molecule has 10 heteroatoms. The number of pyridine rings is 1. The third kappa shape index (κ3) is 3.28. The highest BCUT2D eigenvalue weighted by atomic mass is 16.7. The van der Waals surface area contributed by atoms with Gasteiger partial charge in [0.05, 0.1) is 11.5 Å². The van der Waals surface area contributed by atoms with Gasteiger partial charge in [-0.3, -0.25) is 14.9 Å². The smallest absolute Gasteiger partial charge is 0.341 e. The first-order valence-electron chi connectivity index (χ1n) is 7.06. The van der Waals surface area contributed by atoms with E-state index in [4.69, 9.17) is 19.4 Å². The van der Waals surface area contributed by atoms with Gasteiger partial charge in [-0.2, -0.15) is 4.73 Å². The molecule has 1 aromatic carbocycles. The van der Waals surface area contributed by atoms with Gasteiger partial charge in [-0.1, -0.05) is 0 Å². The number of carbonyl (C=O) groups is 1. The normalized spacial score (nSPS) is 12.8. The van der Waals surface area contributed by atoms with E-state index in [0.717, 1.165) is 10.8 Å². The highest BCUT2D eigenvalue weighted by Gasteiger charge is 2.21. The third-order valence-electron chi connectivity index (χ3n) is 3.49. The number of non-ortho nitro benzene ring substituents is 1. The van der Waals surface area contributed by atoms with E-state index in [1.807, 2.05) is 0 Å². The number of rotatable bonds is 5. The molecule has 1 aliphatic heterocycles. The number of nitro benzene ring substituents is 1. The Labute approximate surface area is 139 Å². The number of benzene rings is 1. The first-order valence-corrected chi connectivity index (χ1v) is 7.06. The van der Waals surface area contributed by atoms with Crippen LogP contribution in [0, 0.1) is 10.1 Å². The van der Waals surface area contributed by atoms with Gasteiger partial charge in [-0.25, -0.2) is 4.79 Å². The fourth-order valence-corrected chi connectivity index (χ4v) is 2.37. The number of aromatic nitrogens is 1. The minimum atomic E-state index is -1.38. The van der Waals surface area contributed by atoms with Gasteiger partial charge in [-0.05, 0) is 12.1 Å². The van der Waals surface area contributed by atoms with Gasteiger partial charge < -0.3 is 19.4 Å². The van der Waals surface area contributed by atoms with Crippen molar-refractivity contribution in [3.8, 4) is 5.75 Å². The molecule has 10 nitrogen and oxygen atoms in total. The van der Waals surface area contributed by atoms with Crippen molar-refractivity contribution in [3.05, 3.63) is 67.6 Å². The Bertz CT molecular complexity index is 905. The molecule has 3 rings (SSSR count). The summed E-state index contributed by atoms with van der Waals surface area (Å²) in [4.78, 5) is 38.8. The number of ether oxygens (including phenoxy) is 2. The van der Waals surface area contributed by atoms with E-state index in [1.165, 1.54) is 24.4 Å². The molecule has 0 saturated carbocycles. The molecule has 1 aliphatic rings. The second-order valence-electron chi connectivity index (χ2n) is 5.09. The molecule has 0 amide bonds. The lowest BCUT2D eigenvalue weighted by Gasteiger charge is -2.20. The lowest BCUT2D eigenvalue weighted by atomic mass is 10.1. The van der Waals surface area contributed by atoms with Crippen molar-refractivity contribution >= 4 is 11.7 Å². The summed E-state index contributed by atoms with van der Waals surface area (Å²) in [6.45, 7) is -0.0856. The van der Waals surface area contributed by atoms with Gasteiger partial charge in [0, 0.05) is 29.5 Å². The topological polar surface area (TPSA) is 130 Å². The first kappa shape index (κ1) is 16.5. The lowest BCUT2D eigenvalue weighted by molar-refractivity contribution is -0.385. The zero-order chi connectivity index (χ0) is 18.0. The molecule has 0 unspecified atom stereocenters. The molecule has 25 heavy (non-hydrogen) atoms. The van der Waals surface area contributed by atoms with E-state index in [0.29, 0.717) is 16.9 Å². The van der Waals surface area contributed by atoms with Crippen LogP contribution in [0.25, 0.3) is 0 Å². The lowest BCUT2D eigenvalue weighted by Crippen LogP contribution is -2.30. The van der Waals surface area contributed by atoms with Crippen LogP contribution in [0.4, 0.5) is 5.69 Å². The van der Waals surface area contributed by atoms with Crippen LogP contribution in [0.15, 0.2) is 35.3 Å². The number of nitrogens with zero attached hydrogens (tertiary/aromatic N) is 2. The Hall–Kier alpha value is -3.40. The van der Waals surface area contributed by atoms with Crippen LogP contribution >= 0.6 is 0 Å². The first-order chi connectivity index (χ1) is 12.0. The molecule has 0 aliphatic carbocycles. The average molecular weight is 348 g/mol. The van der Waals surface area contributed by atoms with Gasteiger partial charge in [0.2, 0.25) is 0 Å². The van der Waals surface area contributed by atoms with Gasteiger partial charge in [0.25, 0.3) is 11.2 Å². The maximum absolute atomic E-state index is 12.0. The van der Waals surface area contributed by atoms with E-state index >= 15 is 0 Å². The Morgan fingerprint density at radius 2 is 2.24 bits per heavy atom. The number of hydrogen-bond donors (Lipinski definition) is 1. The molecular formula is C15H12N2O8. The number of carboxylic acids is 1. The van der Waals surface area contributed by atoms with Crippen LogP contribution < -0.4 is 15.1 Å². The van der Waals surface area contributed by atoms with E-state index < -0.39 is 22.0 Å². The van der Waals surface area contributed by atoms with Crippen molar-refractivity contribution in [2.24, 2.45) is 0 Å². The van der Waals surface area contributed by atoms with Crippen molar-refractivity contribution in [1.82, 2.24) is 4.73 Å². The summed E-state index contributed by atoms with van der Waals surface area (Å²) >= 11 is 0. The standard InChI is InChI=1S/C15H12N2O8/c18-14-12(15(19)20)2-1-3-16(14)25-7-10-5-11(17(21)22)4-9-6-23-8-24-13(9)10/h1-5H,6-8H2,(H,19,20). The summed E-state index contributed by atoms with van der Waals surface area (Å²) in [6, 6.07) is 5.11. The van der Waals surface area contributed by atoms with Crippen LogP contribution in [0.3, 0.4) is 0 Å². The maximum atomic E-state index is 12.0. The fourth-order valence-electron chi connectivity index (χ4n) is 2.37. The SMILES string of the molecule is O=C(O)c1cccn(OCc2cc([N+](=O)[O-])cc3c2OCOC3)c1=O. The highest BCUT2D eigenvalue weighted by molar-refractivity contribution is 5.86. The molecular weight excluding hydrogens is 336 g/mol. The highest BCUT2D eigenvalue weighted by Crippen LogP contribution is 2.32. The molecule has 0 spiro atoms. The van der Waals surface area contributed by atoms with Gasteiger partial charge >= 0.3 is 5.97 Å². The van der Waals surface area contributed by atoms with Crippen LogP contribution in [0.1, 0.15) is 21.5 Å². The van der Waals surface area contributed by atoms with Crippen LogP contribution in [-0.2, 0) is 18.0 Å². The summed E-state index contributed by atoms with van der Waals surface area (Å²) in [6.07, 6.45) is 1.25. The van der Waals surface area contributed by atoms with Gasteiger partial charge in [0.1, 0.15) is 17.9 Å². The van der Waals surface area contributed by atoms with Crippen LogP contribution in [0.5, 0.6) is 5.75 Å². The van der Waals surface area contributed by atoms with E-state index in [-0.39, 0.29) is 25.7 Å². The van der Waals surface area contributed by atoms with Crippen molar-refractivity contribution in [3.63, 3.8) is 0 Å². The number of nitro groups is 1. The summed E-state index contributed by atoms with van der Waals surface area (Å²) in [5.74, 6) is -0.990. The fraction of sp³-hybridized carbons (Fsp3) is 0.200. The van der Waals surface area contributed by atoms with Gasteiger partial charge in [-0.15, -0.1) is 0 Å². The van der Waals surface area contributed by atoms with E-state index in [2.05, 4.69) is 0 Å². The van der Waals surface area contributed by atoms with Crippen molar-refractivity contribution < 1.29 is 29.1 Å². The Morgan fingerprint density at radius 3 is 2.96 bits per heavy atom. The molecule has 1 aromatic heterocycles. The molecule has 0 bridgehead atoms. The van der Waals surface area contributed by atoms with E-state index in [1.54, 1.807) is 0 Å². The van der Waals surface area contributed by atoms with Crippen molar-refractivity contribution in [2.75, 3.05) is 6.79 Å². The molecule has 1 N–H and O–H groups in total. The number of aromatic carboxylic acids is 1. The zero-order valence-electron chi connectivity index (χ0n) is 12.7. The van der Waals surface area contributed by atoms with E-state index in [9.17, 15) is 19.7 Å². The molecule has 0 atom stereocenters. The van der Waals surface area contributed by atoms with Crippen molar-refractivity contribution in [2.45, 2.75) is 13.2 Å². The van der Waals surface area contributed by atoms with Crippen LogP contribution in [-0.4, -0.2) is 27.5 Å². The number of fused-ring (bicyclic) bond motifs is 1. The maximum Gasteiger partial charge on any atom is 0.341 e. The molecule has 0 saturated heterocycles. The molecule has 130 valence electrons. The second-order valence-corrected chi connectivity index (χ2v) is 5.09. The number of hydrogen-bond acceptors (Lipinski definition) is 7. The summed E-state index contributed by atoms with van der Waals surface area (Å²) < 4.78 is 11.2. The summed E-state index contributed by atoms with van der Waals surface area (Å²) in [5, 5.41) is 20.0. The number of carboxylic acid groups (broad SMARTS) is 1. The minimum absolute atomic E-state index is 0.00768. The summed E-state index contributed by atoms with van der Waals surface area (Å²) in [7, 11) is 0.